The second-order valence-electron chi connectivity index (χ2n) is 8.67. The second kappa shape index (κ2) is 11.2. The molecule has 5 nitrogen and oxygen atoms in total. The maximum atomic E-state index is 13.1. The van der Waals surface area contributed by atoms with E-state index >= 15 is 0 Å². The van der Waals surface area contributed by atoms with Gasteiger partial charge in [-0.2, -0.15) is 5.10 Å². The number of benzene rings is 3. The van der Waals surface area contributed by atoms with Gasteiger partial charge in [-0.25, -0.2) is 4.68 Å². The minimum Gasteiger partial charge on any atom is -0.322 e. The smallest absolute Gasteiger partial charge is 0.255 e. The molecule has 3 aromatic carbocycles. The van der Waals surface area contributed by atoms with Gasteiger partial charge in [0.2, 0.25) is 0 Å². The van der Waals surface area contributed by atoms with Crippen molar-refractivity contribution < 1.29 is 4.79 Å². The largest absolute Gasteiger partial charge is 0.322 e. The van der Waals surface area contributed by atoms with Gasteiger partial charge < -0.3 is 5.32 Å². The van der Waals surface area contributed by atoms with Crippen LogP contribution in [0.4, 0.5) is 5.69 Å². The molecule has 0 spiro atoms. The van der Waals surface area contributed by atoms with Gasteiger partial charge in [0.1, 0.15) is 0 Å². The van der Waals surface area contributed by atoms with Gasteiger partial charge in [0, 0.05) is 41.6 Å². The number of carbonyl (C=O) groups excluding carboxylic acids is 1. The Hall–Kier alpha value is -4.69. The lowest BCUT2D eigenvalue weighted by molar-refractivity contribution is 0.102. The molecular formula is C31H26N4O. The summed E-state index contributed by atoms with van der Waals surface area (Å²) in [5, 5.41) is 7.34. The molecule has 0 saturated heterocycles. The third-order valence-electron chi connectivity index (χ3n) is 6.03. The normalized spacial score (nSPS) is 14.5. The van der Waals surface area contributed by atoms with E-state index in [9.17, 15) is 4.79 Å². The number of hydrogen-bond donors (Lipinski definition) is 1. The lowest BCUT2D eigenvalue weighted by Crippen LogP contribution is -2.13. The summed E-state index contributed by atoms with van der Waals surface area (Å²) in [6.07, 6.45) is 12.7. The van der Waals surface area contributed by atoms with Gasteiger partial charge >= 0.3 is 0 Å². The molecule has 0 saturated carbocycles. The SMILES string of the molecule is O=C(Nc1ccc(CC2C=NC=CCC2)cc1)c1ccc(-n2cccn2)c(C#Cc2ccccc2)c1. The van der Waals surface area contributed by atoms with Gasteiger partial charge in [-0.15, -0.1) is 0 Å². The van der Waals surface area contributed by atoms with Crippen LogP contribution in [0.3, 0.4) is 0 Å². The maximum Gasteiger partial charge on any atom is 0.255 e. The molecular weight excluding hydrogens is 444 g/mol. The first kappa shape index (κ1) is 23.1. The molecule has 2 heterocycles. The molecule has 0 radical (unpaired) electrons. The van der Waals surface area contributed by atoms with Crippen LogP contribution in [0, 0.1) is 17.8 Å². The van der Waals surface area contributed by atoms with Gasteiger partial charge in [0.25, 0.3) is 5.91 Å². The van der Waals surface area contributed by atoms with E-state index in [4.69, 9.17) is 0 Å². The zero-order valence-electron chi connectivity index (χ0n) is 19.8. The molecule has 0 bridgehead atoms. The van der Waals surface area contributed by atoms with Crippen molar-refractivity contribution in [3.05, 3.63) is 126 Å². The van der Waals surface area contributed by atoms with Crippen molar-refractivity contribution in [2.24, 2.45) is 10.9 Å². The Morgan fingerprint density at radius 2 is 1.86 bits per heavy atom. The van der Waals surface area contributed by atoms with Crippen LogP contribution in [0.25, 0.3) is 5.69 Å². The van der Waals surface area contributed by atoms with Crippen molar-refractivity contribution in [3.63, 3.8) is 0 Å². The standard InChI is InChI=1S/C31H26N4O/c36-31(34-29-15-11-25(12-16-29)21-26-9-4-5-18-32-23-26)28-14-17-30(35-20-6-19-33-35)27(22-28)13-10-24-7-2-1-3-8-24/h1-3,5-8,11-12,14-20,22-23,26H,4,9,21H2,(H,34,36). The summed E-state index contributed by atoms with van der Waals surface area (Å²) in [7, 11) is 0. The molecule has 36 heavy (non-hydrogen) atoms. The molecule has 5 heteroatoms. The van der Waals surface area contributed by atoms with E-state index in [-0.39, 0.29) is 5.91 Å². The molecule has 1 amide bonds. The van der Waals surface area contributed by atoms with Crippen molar-refractivity contribution in [2.75, 3.05) is 5.32 Å². The number of hydrogen-bond acceptors (Lipinski definition) is 3. The summed E-state index contributed by atoms with van der Waals surface area (Å²) in [6, 6.07) is 25.2. The van der Waals surface area contributed by atoms with Crippen molar-refractivity contribution >= 4 is 17.8 Å². The van der Waals surface area contributed by atoms with E-state index in [2.05, 4.69) is 45.5 Å². The first-order chi connectivity index (χ1) is 17.7. The Morgan fingerprint density at radius 1 is 1.00 bits per heavy atom. The Labute approximate surface area is 211 Å². The highest BCUT2D eigenvalue weighted by atomic mass is 16.1. The average molecular weight is 471 g/mol. The summed E-state index contributed by atoms with van der Waals surface area (Å²) >= 11 is 0. The molecule has 5 rings (SSSR count). The fourth-order valence-electron chi connectivity index (χ4n) is 4.13. The minimum atomic E-state index is -0.181. The van der Waals surface area contributed by atoms with Gasteiger partial charge in [-0.1, -0.05) is 48.2 Å². The monoisotopic (exact) mass is 470 g/mol. The van der Waals surface area contributed by atoms with Gasteiger partial charge in [-0.3, -0.25) is 9.79 Å². The van der Waals surface area contributed by atoms with Crippen LogP contribution in [0.1, 0.15) is 39.9 Å². The third-order valence-corrected chi connectivity index (χ3v) is 6.03. The summed E-state index contributed by atoms with van der Waals surface area (Å²) < 4.78 is 1.75. The zero-order chi connectivity index (χ0) is 24.6. The number of amides is 1. The van der Waals surface area contributed by atoms with Crippen molar-refractivity contribution in [3.8, 4) is 17.5 Å². The summed E-state index contributed by atoms with van der Waals surface area (Å²) in [4.78, 5) is 17.4. The third kappa shape index (κ3) is 5.86. The molecule has 1 atom stereocenters. The van der Waals surface area contributed by atoms with E-state index in [1.165, 1.54) is 5.56 Å². The highest BCUT2D eigenvalue weighted by molar-refractivity contribution is 6.04. The highest BCUT2D eigenvalue weighted by Crippen LogP contribution is 2.20. The number of nitrogens with one attached hydrogen (secondary N) is 1. The first-order valence-corrected chi connectivity index (χ1v) is 12.0. The highest BCUT2D eigenvalue weighted by Gasteiger charge is 2.12. The maximum absolute atomic E-state index is 13.1. The molecule has 1 aromatic heterocycles. The van der Waals surface area contributed by atoms with Crippen molar-refractivity contribution in [1.82, 2.24) is 9.78 Å². The minimum absolute atomic E-state index is 0.181. The molecule has 1 aliphatic heterocycles. The Bertz CT molecular complexity index is 1440. The van der Waals surface area contributed by atoms with Crippen LogP contribution in [0.2, 0.25) is 0 Å². The summed E-state index contributed by atoms with van der Waals surface area (Å²) in [6.45, 7) is 0. The predicted molar refractivity (Wildman–Crippen MR) is 144 cm³/mol. The van der Waals surface area contributed by atoms with Crippen LogP contribution in [-0.4, -0.2) is 21.9 Å². The van der Waals surface area contributed by atoms with Crippen molar-refractivity contribution in [2.45, 2.75) is 19.3 Å². The molecule has 1 aliphatic rings. The average Bonchev–Trinajstić information content (AvgIpc) is 3.33. The molecule has 0 aliphatic carbocycles. The molecule has 1 unspecified atom stereocenters. The van der Waals surface area contributed by atoms with E-state index < -0.39 is 0 Å². The summed E-state index contributed by atoms with van der Waals surface area (Å²) in [5.74, 6) is 6.66. The number of carbonyl (C=O) groups is 1. The van der Waals surface area contributed by atoms with Gasteiger partial charge in [0.15, 0.2) is 0 Å². The lowest BCUT2D eigenvalue weighted by atomic mass is 9.96. The first-order valence-electron chi connectivity index (χ1n) is 12.0. The van der Waals surface area contributed by atoms with E-state index in [1.807, 2.05) is 79.3 Å². The number of allylic oxidation sites excluding steroid dienone is 1. The topological polar surface area (TPSA) is 59.3 Å². The fraction of sp³-hybridized carbons (Fsp3) is 0.129. The number of aromatic nitrogens is 2. The number of anilines is 1. The molecule has 176 valence electrons. The zero-order valence-corrected chi connectivity index (χ0v) is 19.8. The molecule has 1 N–H and O–H groups in total. The molecule has 4 aromatic rings. The van der Waals surface area contributed by atoms with Crippen molar-refractivity contribution in [1.29, 1.82) is 0 Å². The second-order valence-corrected chi connectivity index (χ2v) is 8.67. The van der Waals surface area contributed by atoms with E-state index in [0.717, 1.165) is 41.8 Å². The van der Waals surface area contributed by atoms with Crippen LogP contribution < -0.4 is 5.32 Å². The predicted octanol–water partition coefficient (Wildman–Crippen LogP) is 6.06. The molecule has 0 fully saturated rings. The van der Waals surface area contributed by atoms with Crippen LogP contribution in [0.15, 0.2) is 109 Å². The lowest BCUT2D eigenvalue weighted by Gasteiger charge is -2.12. The van der Waals surface area contributed by atoms with Gasteiger partial charge in [-0.05, 0) is 79.3 Å². The number of nitrogens with zero attached hydrogens (tertiary/aromatic N) is 3. The number of rotatable bonds is 5. The van der Waals surface area contributed by atoms with Crippen LogP contribution >= 0.6 is 0 Å². The number of aliphatic imine (C=N–C) groups is 1. The van der Waals surface area contributed by atoms with Crippen LogP contribution in [0.5, 0.6) is 0 Å². The van der Waals surface area contributed by atoms with E-state index in [1.54, 1.807) is 16.9 Å². The van der Waals surface area contributed by atoms with E-state index in [0.29, 0.717) is 11.5 Å². The Balaban J connectivity index is 1.33. The van der Waals surface area contributed by atoms with Crippen LogP contribution in [-0.2, 0) is 6.42 Å². The summed E-state index contributed by atoms with van der Waals surface area (Å²) in [5.41, 5.74) is 4.98. The quantitative estimate of drug-likeness (QED) is 0.360. The fourth-order valence-corrected chi connectivity index (χ4v) is 4.13. The Kier molecular flexibility index (Phi) is 7.15. The van der Waals surface area contributed by atoms with Gasteiger partial charge in [0.05, 0.1) is 11.3 Å². The Morgan fingerprint density at radius 3 is 2.67 bits per heavy atom.